The zero-order chi connectivity index (χ0) is 21.8. The van der Waals surface area contributed by atoms with Crippen LogP contribution < -0.4 is 5.32 Å². The Bertz CT molecular complexity index is 1040. The van der Waals surface area contributed by atoms with Crippen LogP contribution in [0.15, 0.2) is 58.5 Å². The minimum Gasteiger partial charge on any atom is -0.500 e. The molecule has 0 aromatic heterocycles. The van der Waals surface area contributed by atoms with E-state index in [1.54, 1.807) is 25.3 Å². The summed E-state index contributed by atoms with van der Waals surface area (Å²) in [6.07, 6.45) is 5.48. The first-order valence-corrected chi connectivity index (χ1v) is 9.23. The lowest BCUT2D eigenvalue weighted by molar-refractivity contribution is -0.385. The summed E-state index contributed by atoms with van der Waals surface area (Å²) in [6.45, 7) is 1.70. The Morgan fingerprint density at radius 2 is 2.03 bits per heavy atom. The number of carbonyl (C=O) groups is 2. The molecule has 2 aliphatic rings. The lowest BCUT2D eigenvalue weighted by atomic mass is 9.89. The minimum absolute atomic E-state index is 0.118. The number of aliphatic imine (C=N–C) groups is 1. The average molecular weight is 411 g/mol. The van der Waals surface area contributed by atoms with Gasteiger partial charge in [-0.3, -0.25) is 19.7 Å². The molecule has 1 heterocycles. The number of amides is 2. The molecule has 0 spiro atoms. The fourth-order valence-corrected chi connectivity index (χ4v) is 3.41. The summed E-state index contributed by atoms with van der Waals surface area (Å²) < 4.78 is 10.7. The molecule has 0 saturated heterocycles. The molecule has 1 aromatic carbocycles. The van der Waals surface area contributed by atoms with Gasteiger partial charge in [0.05, 0.1) is 25.1 Å². The monoisotopic (exact) mass is 411 g/mol. The number of nitro groups is 1. The van der Waals surface area contributed by atoms with Gasteiger partial charge in [0.1, 0.15) is 17.2 Å². The van der Waals surface area contributed by atoms with Crippen LogP contribution in [-0.2, 0) is 14.3 Å². The second-order valence-electron chi connectivity index (χ2n) is 6.69. The summed E-state index contributed by atoms with van der Waals surface area (Å²) in [4.78, 5) is 39.6. The van der Waals surface area contributed by atoms with Crippen molar-refractivity contribution in [1.29, 1.82) is 0 Å². The fraction of sp³-hybridized carbons (Fsp3) is 0.286. The van der Waals surface area contributed by atoms with E-state index in [2.05, 4.69) is 10.3 Å². The van der Waals surface area contributed by atoms with E-state index >= 15 is 0 Å². The second kappa shape index (κ2) is 8.73. The number of fused-ring (bicyclic) bond motifs is 1. The summed E-state index contributed by atoms with van der Waals surface area (Å²) in [7, 11) is 3.05. The van der Waals surface area contributed by atoms with Gasteiger partial charge in [-0.25, -0.2) is 4.99 Å². The molecule has 0 fully saturated rings. The number of dihydropyridines is 1. The maximum Gasteiger partial charge on any atom is 0.273 e. The number of ether oxygens (including phenoxy) is 2. The van der Waals surface area contributed by atoms with Gasteiger partial charge in [-0.15, -0.1) is 0 Å². The molecular formula is C21H21N3O6. The third-order valence-corrected chi connectivity index (χ3v) is 5.00. The Balaban J connectivity index is 1.69. The summed E-state index contributed by atoms with van der Waals surface area (Å²) in [6, 6.07) is 4.34. The number of rotatable bonds is 7. The van der Waals surface area contributed by atoms with Crippen molar-refractivity contribution >= 4 is 23.2 Å². The first-order chi connectivity index (χ1) is 14.4. The van der Waals surface area contributed by atoms with Gasteiger partial charge >= 0.3 is 0 Å². The first-order valence-electron chi connectivity index (χ1n) is 9.23. The van der Waals surface area contributed by atoms with Crippen molar-refractivity contribution in [2.45, 2.75) is 13.3 Å². The Kier molecular flexibility index (Phi) is 6.10. The molecule has 1 aliphatic heterocycles. The van der Waals surface area contributed by atoms with Crippen molar-refractivity contribution < 1.29 is 24.0 Å². The molecule has 2 amide bonds. The maximum atomic E-state index is 12.5. The van der Waals surface area contributed by atoms with Crippen LogP contribution in [0, 0.1) is 23.0 Å². The van der Waals surface area contributed by atoms with E-state index in [1.807, 2.05) is 0 Å². The highest BCUT2D eigenvalue weighted by Crippen LogP contribution is 2.30. The molecule has 3 rings (SSSR count). The predicted molar refractivity (Wildman–Crippen MR) is 109 cm³/mol. The molecule has 0 radical (unpaired) electrons. The van der Waals surface area contributed by atoms with Gasteiger partial charge in [-0.05, 0) is 31.6 Å². The normalized spacial score (nSPS) is 17.7. The minimum atomic E-state index is -0.527. The van der Waals surface area contributed by atoms with Crippen LogP contribution in [-0.4, -0.2) is 43.2 Å². The topological polar surface area (TPSA) is 120 Å². The smallest absolute Gasteiger partial charge is 0.273 e. The highest BCUT2D eigenvalue weighted by molar-refractivity contribution is 6.15. The Hall–Kier alpha value is -3.75. The molecule has 156 valence electrons. The number of benzene rings is 1. The zero-order valence-corrected chi connectivity index (χ0v) is 16.8. The highest BCUT2D eigenvalue weighted by Gasteiger charge is 2.32. The van der Waals surface area contributed by atoms with Crippen LogP contribution >= 0.6 is 0 Å². The largest absolute Gasteiger partial charge is 0.500 e. The SMILES string of the molecule is COC1=CC=C(OC)C2C=C(CCNC(=O)c3cccc([N+](=O)[O-])c3C)C(=O)N=C12. The number of allylic oxidation sites excluding steroid dienone is 4. The number of nitrogens with one attached hydrogen (secondary N) is 1. The molecule has 1 aliphatic carbocycles. The molecule has 30 heavy (non-hydrogen) atoms. The molecule has 1 atom stereocenters. The highest BCUT2D eigenvalue weighted by atomic mass is 16.6. The van der Waals surface area contributed by atoms with Gasteiger partial charge in [0.25, 0.3) is 17.5 Å². The number of nitrogens with zero attached hydrogens (tertiary/aromatic N) is 2. The van der Waals surface area contributed by atoms with E-state index in [0.29, 0.717) is 22.8 Å². The predicted octanol–water partition coefficient (Wildman–Crippen LogP) is 2.62. The van der Waals surface area contributed by atoms with Crippen LogP contribution in [0.5, 0.6) is 0 Å². The fourth-order valence-electron chi connectivity index (χ4n) is 3.41. The summed E-state index contributed by atoms with van der Waals surface area (Å²) >= 11 is 0. The van der Waals surface area contributed by atoms with Crippen LogP contribution in [0.2, 0.25) is 0 Å². The third kappa shape index (κ3) is 4.00. The molecule has 9 nitrogen and oxygen atoms in total. The first kappa shape index (κ1) is 21.0. The van der Waals surface area contributed by atoms with E-state index < -0.39 is 16.7 Å². The Morgan fingerprint density at radius 3 is 2.70 bits per heavy atom. The zero-order valence-electron chi connectivity index (χ0n) is 16.8. The van der Waals surface area contributed by atoms with Gasteiger partial charge in [0.15, 0.2) is 0 Å². The third-order valence-electron chi connectivity index (χ3n) is 5.00. The van der Waals surface area contributed by atoms with Gasteiger partial charge < -0.3 is 14.8 Å². The number of nitro benzene ring substituents is 1. The summed E-state index contributed by atoms with van der Waals surface area (Å²) in [5.41, 5.74) is 1.33. The molecule has 0 saturated carbocycles. The number of hydrogen-bond acceptors (Lipinski definition) is 6. The summed E-state index contributed by atoms with van der Waals surface area (Å²) in [5, 5.41) is 13.8. The van der Waals surface area contributed by atoms with Crippen molar-refractivity contribution in [3.05, 3.63) is 74.8 Å². The van der Waals surface area contributed by atoms with Gasteiger partial charge in [-0.1, -0.05) is 12.1 Å². The van der Waals surface area contributed by atoms with E-state index in [9.17, 15) is 19.7 Å². The van der Waals surface area contributed by atoms with Gasteiger partial charge in [0.2, 0.25) is 0 Å². The molecule has 9 heteroatoms. The van der Waals surface area contributed by atoms with E-state index in [0.717, 1.165) is 0 Å². The molecule has 1 unspecified atom stereocenters. The van der Waals surface area contributed by atoms with E-state index in [4.69, 9.17) is 9.47 Å². The molecule has 1 aromatic rings. The van der Waals surface area contributed by atoms with Crippen molar-refractivity contribution in [2.75, 3.05) is 20.8 Å². The standard InChI is InChI=1S/C21H21N3O6/c1-12-14(5-4-6-16(12)24(27)28)21(26)22-10-9-13-11-15-17(29-2)7-8-18(30-3)19(15)23-20(13)25/h4-8,11,15H,9-10H2,1-3H3,(H,22,26). The van der Waals surface area contributed by atoms with Crippen molar-refractivity contribution in [1.82, 2.24) is 5.32 Å². The van der Waals surface area contributed by atoms with Crippen molar-refractivity contribution in [3.63, 3.8) is 0 Å². The second-order valence-corrected chi connectivity index (χ2v) is 6.69. The number of carbonyl (C=O) groups excluding carboxylic acids is 2. The van der Waals surface area contributed by atoms with E-state index in [1.165, 1.54) is 32.2 Å². The van der Waals surface area contributed by atoms with Crippen LogP contribution in [0.3, 0.4) is 0 Å². The van der Waals surface area contributed by atoms with E-state index in [-0.39, 0.29) is 35.7 Å². The van der Waals surface area contributed by atoms with Crippen LogP contribution in [0.1, 0.15) is 22.3 Å². The van der Waals surface area contributed by atoms with Crippen LogP contribution in [0.4, 0.5) is 5.69 Å². The lowest BCUT2D eigenvalue weighted by Gasteiger charge is -2.26. The Labute approximate surface area is 172 Å². The lowest BCUT2D eigenvalue weighted by Crippen LogP contribution is -2.30. The quantitative estimate of drug-likeness (QED) is 0.544. The number of hydrogen-bond donors (Lipinski definition) is 1. The molecule has 0 bridgehead atoms. The Morgan fingerprint density at radius 1 is 1.27 bits per heavy atom. The van der Waals surface area contributed by atoms with Crippen LogP contribution in [0.25, 0.3) is 0 Å². The average Bonchev–Trinajstić information content (AvgIpc) is 2.73. The van der Waals surface area contributed by atoms with Gasteiger partial charge in [-0.2, -0.15) is 0 Å². The molecule has 1 N–H and O–H groups in total. The summed E-state index contributed by atoms with van der Waals surface area (Å²) in [5.74, 6) is -0.0431. The maximum absolute atomic E-state index is 12.5. The van der Waals surface area contributed by atoms with Crippen molar-refractivity contribution in [3.8, 4) is 0 Å². The van der Waals surface area contributed by atoms with Crippen molar-refractivity contribution in [2.24, 2.45) is 10.9 Å². The molecular weight excluding hydrogens is 390 g/mol. The number of methoxy groups -OCH3 is 2. The van der Waals surface area contributed by atoms with Gasteiger partial charge in [0, 0.05) is 29.3 Å².